The topological polar surface area (TPSA) is 28.2 Å². The average Bonchev–Trinajstić information content (AvgIpc) is 2.45. The first-order valence-corrected chi connectivity index (χ1v) is 7.59. The Hall–Kier alpha value is -1.09. The van der Waals surface area contributed by atoms with E-state index in [4.69, 9.17) is 0 Å². The first-order chi connectivity index (χ1) is 9.20. The van der Waals surface area contributed by atoms with Crippen molar-refractivity contribution in [1.82, 2.24) is 10.3 Å². The van der Waals surface area contributed by atoms with Crippen LogP contribution in [0.3, 0.4) is 0 Å². The molecule has 0 saturated heterocycles. The van der Waals surface area contributed by atoms with E-state index in [0.717, 1.165) is 24.8 Å². The van der Waals surface area contributed by atoms with Crippen LogP contribution in [0, 0.1) is 5.92 Å². The molecule has 1 fully saturated rings. The van der Waals surface area contributed by atoms with Gasteiger partial charge in [-0.1, -0.05) is 13.8 Å². The van der Waals surface area contributed by atoms with E-state index in [9.17, 15) is 0 Å². The van der Waals surface area contributed by atoms with Gasteiger partial charge in [0.15, 0.2) is 0 Å². The molecule has 0 aliphatic heterocycles. The minimum absolute atomic E-state index is 0.665. The van der Waals surface area contributed by atoms with Gasteiger partial charge < -0.3 is 10.2 Å². The molecule has 0 bridgehead atoms. The zero-order chi connectivity index (χ0) is 13.7. The minimum atomic E-state index is 0.665. The Kier molecular flexibility index (Phi) is 5.20. The maximum Gasteiger partial charge on any atom is 0.128 e. The third-order valence-electron chi connectivity index (χ3n) is 4.28. The van der Waals surface area contributed by atoms with Gasteiger partial charge >= 0.3 is 0 Å². The molecule has 1 heterocycles. The summed E-state index contributed by atoms with van der Waals surface area (Å²) in [5.41, 5.74) is 1.32. The molecule has 3 heteroatoms. The average molecular weight is 261 g/mol. The summed E-state index contributed by atoms with van der Waals surface area (Å²) in [7, 11) is 2.19. The van der Waals surface area contributed by atoms with E-state index < -0.39 is 0 Å². The van der Waals surface area contributed by atoms with Crippen LogP contribution in [0.1, 0.15) is 45.1 Å². The summed E-state index contributed by atoms with van der Waals surface area (Å²) in [4.78, 5) is 6.92. The highest BCUT2D eigenvalue weighted by molar-refractivity contribution is 5.41. The van der Waals surface area contributed by atoms with Crippen LogP contribution in [0.15, 0.2) is 18.3 Å². The van der Waals surface area contributed by atoms with E-state index in [1.165, 1.54) is 31.2 Å². The second-order valence-electron chi connectivity index (χ2n) is 5.83. The molecule has 1 aromatic heterocycles. The van der Waals surface area contributed by atoms with Crippen LogP contribution in [-0.2, 0) is 6.54 Å². The molecule has 1 N–H and O–H groups in total. The Bertz CT molecular complexity index is 383. The van der Waals surface area contributed by atoms with Gasteiger partial charge in [-0.25, -0.2) is 4.98 Å². The lowest BCUT2D eigenvalue weighted by Gasteiger charge is -2.34. The fourth-order valence-electron chi connectivity index (χ4n) is 2.85. The molecule has 1 aliphatic rings. The van der Waals surface area contributed by atoms with E-state index in [1.807, 2.05) is 6.20 Å². The molecule has 0 amide bonds. The lowest BCUT2D eigenvalue weighted by Crippen LogP contribution is -2.35. The lowest BCUT2D eigenvalue weighted by molar-refractivity contribution is 0.340. The van der Waals surface area contributed by atoms with Crippen molar-refractivity contribution in [2.24, 2.45) is 5.92 Å². The zero-order valence-electron chi connectivity index (χ0n) is 12.5. The van der Waals surface area contributed by atoms with Crippen molar-refractivity contribution in [3.8, 4) is 0 Å². The molecular weight excluding hydrogens is 234 g/mol. The third kappa shape index (κ3) is 3.93. The van der Waals surface area contributed by atoms with Crippen molar-refractivity contribution in [1.29, 1.82) is 0 Å². The molecule has 1 saturated carbocycles. The van der Waals surface area contributed by atoms with Crippen molar-refractivity contribution in [2.45, 2.75) is 52.1 Å². The summed E-state index contributed by atoms with van der Waals surface area (Å²) in [6.45, 7) is 6.44. The number of hydrogen-bond acceptors (Lipinski definition) is 3. The van der Waals surface area contributed by atoms with Gasteiger partial charge in [0.2, 0.25) is 0 Å². The van der Waals surface area contributed by atoms with E-state index >= 15 is 0 Å². The number of rotatable bonds is 5. The van der Waals surface area contributed by atoms with E-state index in [2.05, 4.69) is 48.2 Å². The fraction of sp³-hybridized carbons (Fsp3) is 0.688. The van der Waals surface area contributed by atoms with Gasteiger partial charge in [-0.2, -0.15) is 0 Å². The maximum absolute atomic E-state index is 4.54. The maximum atomic E-state index is 4.54. The summed E-state index contributed by atoms with van der Waals surface area (Å²) in [6.07, 6.45) is 7.25. The Morgan fingerprint density at radius 1 is 1.32 bits per heavy atom. The summed E-state index contributed by atoms with van der Waals surface area (Å²) in [5.74, 6) is 2.02. The lowest BCUT2D eigenvalue weighted by atomic mass is 9.87. The SMILES string of the molecule is CCNCc1ccnc(N(C)C2CCC(C)CC2)c1. The number of nitrogens with one attached hydrogen (secondary N) is 1. The number of hydrogen-bond donors (Lipinski definition) is 1. The molecule has 3 nitrogen and oxygen atoms in total. The van der Waals surface area contributed by atoms with Crippen LogP contribution in [-0.4, -0.2) is 24.6 Å². The van der Waals surface area contributed by atoms with Crippen LogP contribution in [0.2, 0.25) is 0 Å². The normalized spacial score (nSPS) is 23.3. The first-order valence-electron chi connectivity index (χ1n) is 7.59. The molecule has 19 heavy (non-hydrogen) atoms. The van der Waals surface area contributed by atoms with Crippen molar-refractivity contribution >= 4 is 5.82 Å². The second-order valence-corrected chi connectivity index (χ2v) is 5.83. The Morgan fingerprint density at radius 2 is 2.05 bits per heavy atom. The number of nitrogens with zero attached hydrogens (tertiary/aromatic N) is 2. The van der Waals surface area contributed by atoms with Crippen LogP contribution < -0.4 is 10.2 Å². The molecule has 0 radical (unpaired) electrons. The molecule has 0 aromatic carbocycles. The van der Waals surface area contributed by atoms with Crippen LogP contribution in [0.4, 0.5) is 5.82 Å². The van der Waals surface area contributed by atoms with E-state index in [0.29, 0.717) is 6.04 Å². The summed E-state index contributed by atoms with van der Waals surface area (Å²) in [5, 5.41) is 3.37. The predicted molar refractivity (Wildman–Crippen MR) is 81.4 cm³/mol. The number of pyridine rings is 1. The van der Waals surface area contributed by atoms with Crippen molar-refractivity contribution in [2.75, 3.05) is 18.5 Å². The van der Waals surface area contributed by atoms with Crippen molar-refractivity contribution in [3.63, 3.8) is 0 Å². The Labute approximate surface area is 117 Å². The Balaban J connectivity index is 1.99. The molecule has 0 unspecified atom stereocenters. The molecule has 1 aromatic rings. The molecule has 0 spiro atoms. The van der Waals surface area contributed by atoms with Gasteiger partial charge in [0, 0.05) is 25.8 Å². The van der Waals surface area contributed by atoms with E-state index in [-0.39, 0.29) is 0 Å². The van der Waals surface area contributed by atoms with Gasteiger partial charge in [0.05, 0.1) is 0 Å². The number of aromatic nitrogens is 1. The fourth-order valence-corrected chi connectivity index (χ4v) is 2.85. The zero-order valence-corrected chi connectivity index (χ0v) is 12.5. The third-order valence-corrected chi connectivity index (χ3v) is 4.28. The monoisotopic (exact) mass is 261 g/mol. The highest BCUT2D eigenvalue weighted by Crippen LogP contribution is 2.28. The van der Waals surface area contributed by atoms with Gasteiger partial charge in [0.25, 0.3) is 0 Å². The van der Waals surface area contributed by atoms with Crippen molar-refractivity contribution < 1.29 is 0 Å². The predicted octanol–water partition coefficient (Wildman–Crippen LogP) is 3.21. The molecule has 106 valence electrons. The molecule has 2 rings (SSSR count). The van der Waals surface area contributed by atoms with Gasteiger partial charge in [0.1, 0.15) is 5.82 Å². The summed E-state index contributed by atoms with van der Waals surface area (Å²) in [6, 6.07) is 4.99. The van der Waals surface area contributed by atoms with E-state index in [1.54, 1.807) is 0 Å². The minimum Gasteiger partial charge on any atom is -0.357 e. The Morgan fingerprint density at radius 3 is 2.74 bits per heavy atom. The van der Waals surface area contributed by atoms with Crippen LogP contribution in [0.5, 0.6) is 0 Å². The molecular formula is C16H27N3. The number of anilines is 1. The van der Waals surface area contributed by atoms with Gasteiger partial charge in [-0.3, -0.25) is 0 Å². The highest BCUT2D eigenvalue weighted by Gasteiger charge is 2.22. The summed E-state index contributed by atoms with van der Waals surface area (Å²) < 4.78 is 0. The standard InChI is InChI=1S/C16H27N3/c1-4-17-12-14-9-10-18-16(11-14)19(3)15-7-5-13(2)6-8-15/h9-11,13,15,17H,4-8,12H2,1-3H3. The van der Waals surface area contributed by atoms with Gasteiger partial charge in [-0.15, -0.1) is 0 Å². The largest absolute Gasteiger partial charge is 0.357 e. The molecule has 1 aliphatic carbocycles. The quantitative estimate of drug-likeness (QED) is 0.882. The molecule has 0 atom stereocenters. The summed E-state index contributed by atoms with van der Waals surface area (Å²) >= 11 is 0. The van der Waals surface area contributed by atoms with Crippen molar-refractivity contribution in [3.05, 3.63) is 23.9 Å². The second kappa shape index (κ2) is 6.90. The van der Waals surface area contributed by atoms with Crippen LogP contribution >= 0.6 is 0 Å². The smallest absolute Gasteiger partial charge is 0.128 e. The van der Waals surface area contributed by atoms with Crippen LogP contribution in [0.25, 0.3) is 0 Å². The highest BCUT2D eigenvalue weighted by atomic mass is 15.2. The van der Waals surface area contributed by atoms with Gasteiger partial charge in [-0.05, 0) is 55.8 Å². The first kappa shape index (κ1) is 14.3.